The number of aryl methyl sites for hydroxylation is 1. The number of imidazole rings is 1. The molecular formula is C23H28N4O3. The number of H-pyrrole nitrogens is 1. The minimum Gasteiger partial charge on any atom is -0.465 e. The Kier molecular flexibility index (Phi) is 6.72. The summed E-state index contributed by atoms with van der Waals surface area (Å²) in [4.78, 5) is 31.4. The summed E-state index contributed by atoms with van der Waals surface area (Å²) in [5.41, 5.74) is 11.5. The molecule has 3 rings (SSSR count). The molecule has 7 nitrogen and oxygen atoms in total. The number of esters is 1. The van der Waals surface area contributed by atoms with Crippen LogP contribution in [0.2, 0.25) is 0 Å². The van der Waals surface area contributed by atoms with E-state index in [-0.39, 0.29) is 0 Å². The number of aromatic amines is 1. The summed E-state index contributed by atoms with van der Waals surface area (Å²) in [6.45, 7) is 4.80. The fourth-order valence-corrected chi connectivity index (χ4v) is 3.86. The first-order valence-electron chi connectivity index (χ1n) is 10.2. The van der Waals surface area contributed by atoms with Crippen LogP contribution in [0.1, 0.15) is 57.6 Å². The van der Waals surface area contributed by atoms with Gasteiger partial charge >= 0.3 is 5.97 Å². The van der Waals surface area contributed by atoms with Crippen LogP contribution in [0.4, 0.5) is 0 Å². The molecule has 1 aromatic carbocycles. The number of rotatable bonds is 9. The van der Waals surface area contributed by atoms with E-state index in [1.165, 1.54) is 7.11 Å². The predicted molar refractivity (Wildman–Crippen MR) is 115 cm³/mol. The Balaban J connectivity index is 2.10. The maximum atomic E-state index is 12.4. The normalized spacial score (nSPS) is 10.9. The highest BCUT2D eigenvalue weighted by atomic mass is 16.5. The number of carbonyl (C=O) groups excluding carboxylic acids is 2. The summed E-state index contributed by atoms with van der Waals surface area (Å²) in [6, 6.07) is 7.13. The number of primary amides is 1. The highest BCUT2D eigenvalue weighted by Crippen LogP contribution is 2.34. The molecule has 0 saturated heterocycles. The van der Waals surface area contributed by atoms with Crippen LogP contribution in [0, 0.1) is 6.92 Å². The molecule has 0 fully saturated rings. The number of hydrogen-bond donors (Lipinski definition) is 2. The first-order chi connectivity index (χ1) is 14.5. The van der Waals surface area contributed by atoms with E-state index in [4.69, 9.17) is 10.5 Å². The van der Waals surface area contributed by atoms with Crippen LogP contribution in [0.15, 0.2) is 36.8 Å². The largest absolute Gasteiger partial charge is 0.465 e. The van der Waals surface area contributed by atoms with Gasteiger partial charge in [-0.3, -0.25) is 4.79 Å². The van der Waals surface area contributed by atoms with Crippen molar-refractivity contribution < 1.29 is 14.3 Å². The first kappa shape index (κ1) is 21.4. The SMILES string of the molecule is CCCCc1c(-c2ccc(C(=O)OC)cc2)c(C(N)=O)c(C)n1CCc1cnc[nH]1. The number of nitrogens with one attached hydrogen (secondary N) is 1. The molecule has 158 valence electrons. The van der Waals surface area contributed by atoms with Gasteiger partial charge in [0.25, 0.3) is 5.91 Å². The zero-order valence-electron chi connectivity index (χ0n) is 17.7. The third-order valence-electron chi connectivity index (χ3n) is 5.40. The summed E-state index contributed by atoms with van der Waals surface area (Å²) in [5, 5.41) is 0. The zero-order valence-corrected chi connectivity index (χ0v) is 17.7. The summed E-state index contributed by atoms with van der Waals surface area (Å²) >= 11 is 0. The second kappa shape index (κ2) is 9.43. The summed E-state index contributed by atoms with van der Waals surface area (Å²) in [6.07, 6.45) is 7.12. The quantitative estimate of drug-likeness (QED) is 0.527. The van der Waals surface area contributed by atoms with Crippen LogP contribution in [-0.2, 0) is 24.1 Å². The smallest absolute Gasteiger partial charge is 0.337 e. The lowest BCUT2D eigenvalue weighted by Crippen LogP contribution is -2.14. The van der Waals surface area contributed by atoms with Crippen molar-refractivity contribution in [2.24, 2.45) is 5.73 Å². The number of benzene rings is 1. The Morgan fingerprint density at radius 2 is 1.93 bits per heavy atom. The number of methoxy groups -OCH3 is 1. The summed E-state index contributed by atoms with van der Waals surface area (Å²) in [7, 11) is 1.35. The average molecular weight is 409 g/mol. The van der Waals surface area contributed by atoms with Crippen molar-refractivity contribution in [2.75, 3.05) is 7.11 Å². The van der Waals surface area contributed by atoms with Crippen LogP contribution in [0.5, 0.6) is 0 Å². The van der Waals surface area contributed by atoms with Gasteiger partial charge in [-0.15, -0.1) is 0 Å². The van der Waals surface area contributed by atoms with Crippen molar-refractivity contribution in [1.29, 1.82) is 0 Å². The van der Waals surface area contributed by atoms with Gasteiger partial charge < -0.3 is 20.0 Å². The molecule has 2 heterocycles. The van der Waals surface area contributed by atoms with Crippen molar-refractivity contribution >= 4 is 11.9 Å². The number of unbranched alkanes of at least 4 members (excludes halogenated alkanes) is 1. The molecule has 2 aromatic heterocycles. The van der Waals surface area contributed by atoms with Gasteiger partial charge in [0.05, 0.1) is 24.6 Å². The molecule has 3 aromatic rings. The molecule has 3 N–H and O–H groups in total. The molecule has 1 amide bonds. The van der Waals surface area contributed by atoms with Crippen LogP contribution >= 0.6 is 0 Å². The number of nitrogens with zero attached hydrogens (tertiary/aromatic N) is 2. The van der Waals surface area contributed by atoms with Gasteiger partial charge in [0.2, 0.25) is 0 Å². The molecule has 30 heavy (non-hydrogen) atoms. The molecule has 7 heteroatoms. The Morgan fingerprint density at radius 1 is 1.20 bits per heavy atom. The summed E-state index contributed by atoms with van der Waals surface area (Å²) in [5.74, 6) is -0.839. The number of amides is 1. The standard InChI is InChI=1S/C23H28N4O3/c1-4-5-6-19-21(16-7-9-17(10-8-16)23(29)30-3)20(22(24)28)15(2)27(19)12-11-18-13-25-14-26-18/h7-10,13-14H,4-6,11-12H2,1-3H3,(H2,24,28)(H,25,26). The van der Waals surface area contributed by atoms with Crippen molar-refractivity contribution in [3.05, 3.63) is 65.0 Å². The van der Waals surface area contributed by atoms with Crippen molar-refractivity contribution in [2.45, 2.75) is 46.1 Å². The molecule has 0 atom stereocenters. The number of ether oxygens (including phenoxy) is 1. The van der Waals surface area contributed by atoms with Crippen LogP contribution in [0.25, 0.3) is 11.1 Å². The van der Waals surface area contributed by atoms with Gasteiger partial charge in [-0.2, -0.15) is 0 Å². The monoisotopic (exact) mass is 408 g/mol. The second-order valence-electron chi connectivity index (χ2n) is 7.30. The topological polar surface area (TPSA) is 103 Å². The Labute approximate surface area is 176 Å². The number of carbonyl (C=O) groups is 2. The molecule has 0 spiro atoms. The fourth-order valence-electron chi connectivity index (χ4n) is 3.86. The minimum absolute atomic E-state index is 0.392. The van der Waals surface area contributed by atoms with Gasteiger partial charge in [0.1, 0.15) is 0 Å². The van der Waals surface area contributed by atoms with Crippen LogP contribution in [-0.4, -0.2) is 33.5 Å². The maximum absolute atomic E-state index is 12.4. The molecule has 0 aliphatic carbocycles. The lowest BCUT2D eigenvalue weighted by molar-refractivity contribution is 0.0600. The lowest BCUT2D eigenvalue weighted by Gasteiger charge is -2.13. The third-order valence-corrected chi connectivity index (χ3v) is 5.40. The number of nitrogens with two attached hydrogens (primary N) is 1. The molecular weight excluding hydrogens is 380 g/mol. The average Bonchev–Trinajstić information content (AvgIpc) is 3.36. The van der Waals surface area contributed by atoms with E-state index in [9.17, 15) is 9.59 Å². The zero-order chi connectivity index (χ0) is 21.7. The van der Waals surface area contributed by atoms with E-state index in [2.05, 4.69) is 21.5 Å². The predicted octanol–water partition coefficient (Wildman–Crippen LogP) is 3.66. The Morgan fingerprint density at radius 3 is 2.50 bits per heavy atom. The van der Waals surface area contributed by atoms with E-state index in [1.54, 1.807) is 18.5 Å². The van der Waals surface area contributed by atoms with Gasteiger partial charge in [-0.1, -0.05) is 25.5 Å². The molecule has 0 radical (unpaired) electrons. The fraction of sp³-hybridized carbons (Fsp3) is 0.348. The van der Waals surface area contributed by atoms with E-state index in [0.29, 0.717) is 17.7 Å². The van der Waals surface area contributed by atoms with E-state index in [0.717, 1.165) is 53.9 Å². The first-order valence-corrected chi connectivity index (χ1v) is 10.2. The highest BCUT2D eigenvalue weighted by Gasteiger charge is 2.24. The van der Waals surface area contributed by atoms with Crippen LogP contribution in [0.3, 0.4) is 0 Å². The Hall–Kier alpha value is -3.35. The van der Waals surface area contributed by atoms with Gasteiger partial charge in [-0.25, -0.2) is 9.78 Å². The molecule has 0 saturated carbocycles. The third kappa shape index (κ3) is 4.30. The summed E-state index contributed by atoms with van der Waals surface area (Å²) < 4.78 is 6.98. The van der Waals surface area contributed by atoms with E-state index < -0.39 is 11.9 Å². The lowest BCUT2D eigenvalue weighted by atomic mass is 9.96. The molecule has 0 unspecified atom stereocenters. The van der Waals surface area contributed by atoms with Crippen LogP contribution < -0.4 is 5.73 Å². The maximum Gasteiger partial charge on any atom is 0.337 e. The molecule has 0 aliphatic heterocycles. The molecule has 0 aliphatic rings. The van der Waals surface area contributed by atoms with Crippen molar-refractivity contribution in [3.63, 3.8) is 0 Å². The molecule has 0 bridgehead atoms. The highest BCUT2D eigenvalue weighted by molar-refractivity contribution is 6.02. The van der Waals surface area contributed by atoms with Gasteiger partial charge in [0.15, 0.2) is 0 Å². The van der Waals surface area contributed by atoms with E-state index in [1.807, 2.05) is 25.3 Å². The second-order valence-corrected chi connectivity index (χ2v) is 7.30. The number of hydrogen-bond acceptors (Lipinski definition) is 4. The van der Waals surface area contributed by atoms with E-state index >= 15 is 0 Å². The number of aromatic nitrogens is 3. The Bertz CT molecular complexity index is 1020. The van der Waals surface area contributed by atoms with Gasteiger partial charge in [-0.05, 0) is 37.5 Å². The van der Waals surface area contributed by atoms with Gasteiger partial charge in [0, 0.05) is 41.8 Å². The minimum atomic E-state index is -0.447. The van der Waals surface area contributed by atoms with Crippen molar-refractivity contribution in [1.82, 2.24) is 14.5 Å². The van der Waals surface area contributed by atoms with Crippen molar-refractivity contribution in [3.8, 4) is 11.1 Å².